The quantitative estimate of drug-likeness (QED) is 0.545. The lowest BCUT2D eigenvalue weighted by Gasteiger charge is -2.32. The summed E-state index contributed by atoms with van der Waals surface area (Å²) in [5.41, 5.74) is 1.95. The molecule has 6 nitrogen and oxygen atoms in total. The smallest absolute Gasteiger partial charge is 0.259 e. The molecule has 0 spiro atoms. The topological polar surface area (TPSA) is 69.7 Å². The molecule has 0 bridgehead atoms. The average Bonchev–Trinajstić information content (AvgIpc) is 3.07. The fourth-order valence-corrected chi connectivity index (χ4v) is 4.45. The zero-order valence-electron chi connectivity index (χ0n) is 19.5. The lowest BCUT2D eigenvalue weighted by Crippen LogP contribution is -2.53. The fourth-order valence-electron chi connectivity index (χ4n) is 4.45. The monoisotopic (exact) mass is 461 g/mol. The summed E-state index contributed by atoms with van der Waals surface area (Å²) in [6.45, 7) is 5.49. The van der Waals surface area contributed by atoms with Crippen LogP contribution in [-0.4, -0.2) is 41.2 Å². The van der Waals surface area contributed by atoms with Crippen molar-refractivity contribution in [2.75, 3.05) is 11.4 Å². The van der Waals surface area contributed by atoms with Crippen molar-refractivity contribution < 1.29 is 18.8 Å². The van der Waals surface area contributed by atoms with Crippen molar-refractivity contribution in [3.05, 3.63) is 77.6 Å². The van der Waals surface area contributed by atoms with E-state index in [1.54, 1.807) is 18.2 Å². The molecule has 1 atom stereocenters. The van der Waals surface area contributed by atoms with E-state index in [4.69, 9.17) is 0 Å². The molecule has 0 saturated heterocycles. The fraction of sp³-hybridized carbons (Fsp3) is 0.296. The van der Waals surface area contributed by atoms with Crippen molar-refractivity contribution >= 4 is 34.2 Å². The largest absolute Gasteiger partial charge is 0.352 e. The van der Waals surface area contributed by atoms with E-state index in [0.29, 0.717) is 23.2 Å². The highest BCUT2D eigenvalue weighted by molar-refractivity contribution is 6.26. The number of nitrogens with zero attached hydrogens (tertiary/aromatic N) is 2. The summed E-state index contributed by atoms with van der Waals surface area (Å²) in [4.78, 5) is 42.8. The van der Waals surface area contributed by atoms with Crippen LogP contribution in [0.5, 0.6) is 0 Å². The van der Waals surface area contributed by atoms with Gasteiger partial charge in [-0.1, -0.05) is 43.3 Å². The molecule has 1 heterocycles. The lowest BCUT2D eigenvalue weighted by atomic mass is 10.1. The molecule has 7 heteroatoms. The van der Waals surface area contributed by atoms with Gasteiger partial charge in [0.25, 0.3) is 5.91 Å². The molecule has 1 aliphatic rings. The molecule has 0 saturated carbocycles. The van der Waals surface area contributed by atoms with Crippen LogP contribution in [0.25, 0.3) is 10.8 Å². The first-order valence-corrected chi connectivity index (χ1v) is 11.5. The van der Waals surface area contributed by atoms with E-state index >= 15 is 0 Å². The average molecular weight is 462 g/mol. The molecule has 0 fully saturated rings. The summed E-state index contributed by atoms with van der Waals surface area (Å²) in [6.07, 6.45) is 0.398. The van der Waals surface area contributed by atoms with E-state index in [0.717, 1.165) is 10.8 Å². The zero-order chi connectivity index (χ0) is 24.4. The number of rotatable bonds is 8. The van der Waals surface area contributed by atoms with Gasteiger partial charge >= 0.3 is 0 Å². The Morgan fingerprint density at radius 1 is 1.03 bits per heavy atom. The normalized spacial score (nSPS) is 13.4. The Kier molecular flexibility index (Phi) is 6.63. The van der Waals surface area contributed by atoms with Crippen LogP contribution in [0.15, 0.2) is 60.7 Å². The summed E-state index contributed by atoms with van der Waals surface area (Å²) >= 11 is 0. The molecular formula is C27H28FN3O3. The Morgan fingerprint density at radius 2 is 1.71 bits per heavy atom. The van der Waals surface area contributed by atoms with E-state index in [9.17, 15) is 18.8 Å². The van der Waals surface area contributed by atoms with Gasteiger partial charge < -0.3 is 10.2 Å². The minimum absolute atomic E-state index is 0.0865. The summed E-state index contributed by atoms with van der Waals surface area (Å²) in [7, 11) is 0. The third-order valence-electron chi connectivity index (χ3n) is 6.03. The zero-order valence-corrected chi connectivity index (χ0v) is 19.5. The van der Waals surface area contributed by atoms with Gasteiger partial charge in [0.2, 0.25) is 11.8 Å². The predicted octanol–water partition coefficient (Wildman–Crippen LogP) is 4.27. The van der Waals surface area contributed by atoms with Crippen LogP contribution in [0, 0.1) is 5.82 Å². The number of halogens is 1. The Hall–Kier alpha value is -3.74. The first kappa shape index (κ1) is 23.4. The van der Waals surface area contributed by atoms with Gasteiger partial charge in [-0.2, -0.15) is 0 Å². The maximum Gasteiger partial charge on any atom is 0.259 e. The second kappa shape index (κ2) is 9.63. The highest BCUT2D eigenvalue weighted by atomic mass is 19.1. The highest BCUT2D eigenvalue weighted by Crippen LogP contribution is 2.37. The SMILES string of the molecule is CCC(C(=O)NC(C)C)N(Cc1ccc(F)cc1)C(=O)CN1C(=O)c2cccc3cccc1c23. The van der Waals surface area contributed by atoms with Gasteiger partial charge in [0.15, 0.2) is 0 Å². The molecule has 176 valence electrons. The third-order valence-corrected chi connectivity index (χ3v) is 6.03. The molecule has 0 aromatic heterocycles. The van der Waals surface area contributed by atoms with E-state index in [2.05, 4.69) is 5.32 Å². The number of hydrogen-bond donors (Lipinski definition) is 1. The number of nitrogens with one attached hydrogen (secondary N) is 1. The summed E-state index contributed by atoms with van der Waals surface area (Å²) in [5.74, 6) is -1.22. The van der Waals surface area contributed by atoms with Crippen LogP contribution < -0.4 is 10.2 Å². The van der Waals surface area contributed by atoms with Crippen molar-refractivity contribution in [2.45, 2.75) is 45.8 Å². The van der Waals surface area contributed by atoms with Crippen LogP contribution >= 0.6 is 0 Å². The molecule has 3 aromatic carbocycles. The van der Waals surface area contributed by atoms with Crippen molar-refractivity contribution in [1.82, 2.24) is 10.2 Å². The molecule has 3 aromatic rings. The molecule has 3 amide bonds. The van der Waals surface area contributed by atoms with Crippen molar-refractivity contribution in [3.63, 3.8) is 0 Å². The highest BCUT2D eigenvalue weighted by Gasteiger charge is 2.35. The van der Waals surface area contributed by atoms with Gasteiger partial charge in [-0.3, -0.25) is 19.3 Å². The maximum absolute atomic E-state index is 13.7. The Bertz CT molecular complexity index is 1230. The summed E-state index contributed by atoms with van der Waals surface area (Å²) in [6, 6.07) is 16.2. The van der Waals surface area contributed by atoms with Gasteiger partial charge in [-0.15, -0.1) is 0 Å². The van der Waals surface area contributed by atoms with E-state index in [1.165, 1.54) is 21.9 Å². The molecule has 1 unspecified atom stereocenters. The van der Waals surface area contributed by atoms with Crippen molar-refractivity contribution in [1.29, 1.82) is 0 Å². The van der Waals surface area contributed by atoms with E-state index in [1.807, 2.05) is 51.1 Å². The van der Waals surface area contributed by atoms with Crippen LogP contribution in [0.3, 0.4) is 0 Å². The van der Waals surface area contributed by atoms with E-state index in [-0.39, 0.29) is 42.7 Å². The Morgan fingerprint density at radius 3 is 2.35 bits per heavy atom. The molecule has 0 aliphatic carbocycles. The molecule has 34 heavy (non-hydrogen) atoms. The first-order chi connectivity index (χ1) is 16.3. The van der Waals surface area contributed by atoms with Gasteiger partial charge in [-0.25, -0.2) is 4.39 Å². The summed E-state index contributed by atoms with van der Waals surface area (Å²) < 4.78 is 13.4. The molecule has 0 radical (unpaired) electrons. The van der Waals surface area contributed by atoms with Gasteiger partial charge in [-0.05, 0) is 55.5 Å². The minimum atomic E-state index is -0.726. The van der Waals surface area contributed by atoms with Gasteiger partial charge in [0, 0.05) is 23.5 Å². The van der Waals surface area contributed by atoms with Crippen LogP contribution in [0.2, 0.25) is 0 Å². The van der Waals surface area contributed by atoms with Gasteiger partial charge in [0.1, 0.15) is 18.4 Å². The standard InChI is InChI=1S/C27H28FN3O3/c1-4-22(26(33)29-17(2)3)30(15-18-11-13-20(28)14-12-18)24(32)16-31-23-10-6-8-19-7-5-9-21(25(19)23)27(31)34/h5-14,17,22H,4,15-16H2,1-3H3,(H,29,33). The van der Waals surface area contributed by atoms with Crippen molar-refractivity contribution in [2.24, 2.45) is 0 Å². The third kappa shape index (κ3) is 4.51. The number of anilines is 1. The maximum atomic E-state index is 13.7. The Labute approximate surface area is 198 Å². The second-order valence-electron chi connectivity index (χ2n) is 8.81. The number of hydrogen-bond acceptors (Lipinski definition) is 3. The second-order valence-corrected chi connectivity index (χ2v) is 8.81. The molecule has 4 rings (SSSR count). The molecule has 1 N–H and O–H groups in total. The van der Waals surface area contributed by atoms with Crippen LogP contribution in [0.4, 0.5) is 10.1 Å². The number of carbonyl (C=O) groups is 3. The Balaban J connectivity index is 1.65. The minimum Gasteiger partial charge on any atom is -0.352 e. The molecular weight excluding hydrogens is 433 g/mol. The molecule has 1 aliphatic heterocycles. The number of benzene rings is 3. The predicted molar refractivity (Wildman–Crippen MR) is 130 cm³/mol. The van der Waals surface area contributed by atoms with E-state index < -0.39 is 6.04 Å². The van der Waals surface area contributed by atoms with Crippen LogP contribution in [-0.2, 0) is 16.1 Å². The van der Waals surface area contributed by atoms with Gasteiger partial charge in [0.05, 0.1) is 5.69 Å². The lowest BCUT2D eigenvalue weighted by molar-refractivity contribution is -0.140. The number of amides is 3. The van der Waals surface area contributed by atoms with Crippen molar-refractivity contribution in [3.8, 4) is 0 Å². The summed E-state index contributed by atoms with van der Waals surface area (Å²) in [5, 5.41) is 4.65. The first-order valence-electron chi connectivity index (χ1n) is 11.5. The number of carbonyl (C=O) groups excluding carboxylic acids is 3. The van der Waals surface area contributed by atoms with Crippen LogP contribution in [0.1, 0.15) is 43.1 Å².